The number of aromatic nitrogens is 2. The summed E-state index contributed by atoms with van der Waals surface area (Å²) in [7, 11) is 0. The quantitative estimate of drug-likeness (QED) is 0.577. The topological polar surface area (TPSA) is 103 Å². The number of nitrogens with one attached hydrogen (secondary N) is 2. The van der Waals surface area contributed by atoms with Gasteiger partial charge in [-0.1, -0.05) is 6.42 Å². The van der Waals surface area contributed by atoms with Crippen molar-refractivity contribution in [3.8, 4) is 0 Å². The zero-order valence-corrected chi connectivity index (χ0v) is 12.5. The molecule has 21 heavy (non-hydrogen) atoms. The molecule has 1 aromatic rings. The molecule has 3 heterocycles. The number of nitrogens with zero attached hydrogens (tertiary/aromatic N) is 3. The summed E-state index contributed by atoms with van der Waals surface area (Å²) in [6.07, 6.45) is 7.74. The van der Waals surface area contributed by atoms with Gasteiger partial charge in [-0.15, -0.1) is 4.73 Å². The Bertz CT molecular complexity index is 479. The highest BCUT2D eigenvalue weighted by Gasteiger charge is 2.13. The second-order valence-electron chi connectivity index (χ2n) is 5.53. The summed E-state index contributed by atoms with van der Waals surface area (Å²) >= 11 is 0. The highest BCUT2D eigenvalue weighted by Crippen LogP contribution is 2.17. The van der Waals surface area contributed by atoms with Crippen molar-refractivity contribution in [2.75, 3.05) is 36.8 Å². The molecule has 0 spiro atoms. The third kappa shape index (κ3) is 4.63. The highest BCUT2D eigenvalue weighted by molar-refractivity contribution is 5.46. The molecule has 0 bridgehead atoms. The Morgan fingerprint density at radius 3 is 2.19 bits per heavy atom. The molecule has 2 saturated heterocycles. The highest BCUT2D eigenvalue weighted by atomic mass is 16.5. The van der Waals surface area contributed by atoms with Crippen molar-refractivity contribution in [1.82, 2.24) is 15.0 Å². The lowest BCUT2D eigenvalue weighted by Crippen LogP contribution is -2.33. The van der Waals surface area contributed by atoms with Gasteiger partial charge in [-0.2, -0.15) is 4.98 Å². The zero-order chi connectivity index (χ0) is 15.1. The van der Waals surface area contributed by atoms with Gasteiger partial charge in [-0.3, -0.25) is 5.41 Å². The third-order valence-corrected chi connectivity index (χ3v) is 3.83. The van der Waals surface area contributed by atoms with Gasteiger partial charge in [0.25, 0.3) is 5.62 Å². The van der Waals surface area contributed by atoms with E-state index in [1.807, 2.05) is 0 Å². The summed E-state index contributed by atoms with van der Waals surface area (Å²) in [5, 5.41) is 20.0. The summed E-state index contributed by atoms with van der Waals surface area (Å²) in [6.45, 7) is 4.39. The fraction of sp³-hybridized carbons (Fsp3) is 0.714. The average Bonchev–Trinajstić information content (AvgIpc) is 2.55. The summed E-state index contributed by atoms with van der Waals surface area (Å²) < 4.78 is 0.577. The van der Waals surface area contributed by atoms with Crippen LogP contribution in [0.4, 0.5) is 11.6 Å². The van der Waals surface area contributed by atoms with Crippen LogP contribution >= 0.6 is 0 Å². The first kappa shape index (κ1) is 15.6. The van der Waals surface area contributed by atoms with Crippen LogP contribution in [-0.4, -0.2) is 41.1 Å². The number of piperidine rings is 2. The molecule has 5 N–H and O–H groups in total. The fourth-order valence-corrected chi connectivity index (χ4v) is 2.59. The number of hydrogen-bond donors (Lipinski definition) is 4. The van der Waals surface area contributed by atoms with E-state index in [0.717, 1.165) is 25.9 Å². The Morgan fingerprint density at radius 1 is 1.10 bits per heavy atom. The van der Waals surface area contributed by atoms with Crippen LogP contribution in [-0.2, 0) is 0 Å². The molecule has 0 aliphatic carbocycles. The summed E-state index contributed by atoms with van der Waals surface area (Å²) in [5.74, 6) is 0.832. The number of rotatable bonds is 1. The van der Waals surface area contributed by atoms with E-state index in [-0.39, 0.29) is 11.4 Å². The lowest BCUT2D eigenvalue weighted by Gasteiger charge is -2.27. The van der Waals surface area contributed by atoms with E-state index in [9.17, 15) is 5.21 Å². The molecular formula is C14H26N6O. The van der Waals surface area contributed by atoms with E-state index < -0.39 is 0 Å². The number of nitrogens with two attached hydrogens (primary N) is 1. The molecule has 7 heteroatoms. The molecule has 0 amide bonds. The van der Waals surface area contributed by atoms with Crippen molar-refractivity contribution in [2.45, 2.75) is 38.5 Å². The summed E-state index contributed by atoms with van der Waals surface area (Å²) in [4.78, 5) is 6.08. The molecule has 2 fully saturated rings. The second kappa shape index (κ2) is 7.87. The summed E-state index contributed by atoms with van der Waals surface area (Å²) in [5.41, 5.74) is 5.33. The standard InChI is InChI=1S/C9H15N5O.C5H11N/c10-7-6-8(12-9(11)14(7)15)13-4-2-1-3-5-13;1-2-4-6-5-3-1/h6,11,15H,1-5,10H2;6H,1-5H2. The molecule has 0 unspecified atom stereocenters. The maximum Gasteiger partial charge on any atom is 0.259 e. The first-order valence-electron chi connectivity index (χ1n) is 7.77. The number of anilines is 2. The van der Waals surface area contributed by atoms with Crippen molar-refractivity contribution >= 4 is 11.6 Å². The lowest BCUT2D eigenvalue weighted by molar-refractivity contribution is 0.171. The molecule has 0 aromatic carbocycles. The maximum absolute atomic E-state index is 9.25. The first-order chi connectivity index (χ1) is 10.2. The predicted octanol–water partition coefficient (Wildman–Crippen LogP) is 0.932. The Balaban J connectivity index is 0.000000225. The third-order valence-electron chi connectivity index (χ3n) is 3.83. The first-order valence-corrected chi connectivity index (χ1v) is 7.77. The largest absolute Gasteiger partial charge is 0.423 e. The SMILES string of the molecule is C1CCNCC1.N=c1nc(N2CCCCC2)cc(N)n1O. The van der Waals surface area contributed by atoms with Crippen molar-refractivity contribution in [2.24, 2.45) is 0 Å². The van der Waals surface area contributed by atoms with Crippen LogP contribution in [0.3, 0.4) is 0 Å². The molecule has 1 aromatic heterocycles. The minimum atomic E-state index is -0.226. The predicted molar refractivity (Wildman–Crippen MR) is 82.5 cm³/mol. The van der Waals surface area contributed by atoms with Crippen molar-refractivity contribution in [1.29, 1.82) is 5.41 Å². The average molecular weight is 294 g/mol. The van der Waals surface area contributed by atoms with Crippen LogP contribution in [0.25, 0.3) is 0 Å². The van der Waals surface area contributed by atoms with E-state index in [2.05, 4.69) is 15.2 Å². The van der Waals surface area contributed by atoms with E-state index in [1.54, 1.807) is 6.07 Å². The fourth-order valence-electron chi connectivity index (χ4n) is 2.59. The molecule has 118 valence electrons. The van der Waals surface area contributed by atoms with Crippen molar-refractivity contribution in [3.63, 3.8) is 0 Å². The van der Waals surface area contributed by atoms with Crippen LogP contribution in [0.1, 0.15) is 38.5 Å². The van der Waals surface area contributed by atoms with Gasteiger partial charge in [0, 0.05) is 19.2 Å². The van der Waals surface area contributed by atoms with Gasteiger partial charge in [-0.05, 0) is 45.2 Å². The Labute approximate surface area is 125 Å². The van der Waals surface area contributed by atoms with Crippen LogP contribution in [0.15, 0.2) is 6.07 Å². The van der Waals surface area contributed by atoms with Gasteiger partial charge in [-0.25, -0.2) is 0 Å². The molecule has 0 saturated carbocycles. The molecule has 0 atom stereocenters. The molecular weight excluding hydrogens is 268 g/mol. The van der Waals surface area contributed by atoms with E-state index in [4.69, 9.17) is 11.1 Å². The monoisotopic (exact) mass is 294 g/mol. The molecule has 3 rings (SSSR count). The van der Waals surface area contributed by atoms with Gasteiger partial charge in [0.2, 0.25) is 0 Å². The minimum Gasteiger partial charge on any atom is -0.423 e. The second-order valence-corrected chi connectivity index (χ2v) is 5.53. The van der Waals surface area contributed by atoms with E-state index >= 15 is 0 Å². The number of nitrogen functional groups attached to an aromatic ring is 1. The molecule has 7 nitrogen and oxygen atoms in total. The Kier molecular flexibility index (Phi) is 5.86. The van der Waals surface area contributed by atoms with Gasteiger partial charge >= 0.3 is 0 Å². The molecule has 2 aliphatic heterocycles. The molecule has 2 aliphatic rings. The smallest absolute Gasteiger partial charge is 0.259 e. The van der Waals surface area contributed by atoms with Crippen LogP contribution in [0.2, 0.25) is 0 Å². The Morgan fingerprint density at radius 2 is 1.71 bits per heavy atom. The van der Waals surface area contributed by atoms with Crippen molar-refractivity contribution < 1.29 is 5.21 Å². The van der Waals surface area contributed by atoms with Crippen LogP contribution in [0, 0.1) is 5.41 Å². The van der Waals surface area contributed by atoms with E-state index in [0.29, 0.717) is 10.5 Å². The zero-order valence-electron chi connectivity index (χ0n) is 12.5. The van der Waals surface area contributed by atoms with Crippen LogP contribution in [0.5, 0.6) is 0 Å². The van der Waals surface area contributed by atoms with Gasteiger partial charge in [0.1, 0.15) is 11.6 Å². The molecule has 0 radical (unpaired) electrons. The van der Waals surface area contributed by atoms with E-state index in [1.165, 1.54) is 38.8 Å². The minimum absolute atomic E-state index is 0.149. The lowest BCUT2D eigenvalue weighted by atomic mass is 10.1. The van der Waals surface area contributed by atoms with Crippen molar-refractivity contribution in [3.05, 3.63) is 11.7 Å². The van der Waals surface area contributed by atoms with Gasteiger partial charge < -0.3 is 21.2 Å². The number of hydrogen-bond acceptors (Lipinski definition) is 6. The Hall–Kier alpha value is -1.76. The normalized spacial score (nSPS) is 18.8. The van der Waals surface area contributed by atoms with Gasteiger partial charge in [0.15, 0.2) is 0 Å². The van der Waals surface area contributed by atoms with Crippen LogP contribution < -0.4 is 21.6 Å². The summed E-state index contributed by atoms with van der Waals surface area (Å²) in [6, 6.07) is 1.60. The maximum atomic E-state index is 9.25. The van der Waals surface area contributed by atoms with Gasteiger partial charge in [0.05, 0.1) is 0 Å².